The van der Waals surface area contributed by atoms with E-state index in [0.29, 0.717) is 28.8 Å². The molecule has 0 saturated carbocycles. The van der Waals surface area contributed by atoms with Crippen LogP contribution < -0.4 is 5.32 Å². The number of rotatable bonds is 2. The van der Waals surface area contributed by atoms with Gasteiger partial charge < -0.3 is 14.9 Å². The molecule has 8 heteroatoms. The fraction of sp³-hybridized carbons (Fsp3) is 0.333. The van der Waals surface area contributed by atoms with Gasteiger partial charge in [0.15, 0.2) is 14.6 Å². The second-order valence-corrected chi connectivity index (χ2v) is 7.26. The number of hydrogen-bond acceptors (Lipinski definition) is 4. The van der Waals surface area contributed by atoms with Crippen molar-refractivity contribution >= 4 is 39.0 Å². The molecule has 1 saturated heterocycles. The van der Waals surface area contributed by atoms with Gasteiger partial charge in [0.2, 0.25) is 5.91 Å². The Hall–Kier alpha value is -1.67. The summed E-state index contributed by atoms with van der Waals surface area (Å²) in [6.07, 6.45) is 1.51. The summed E-state index contributed by atoms with van der Waals surface area (Å²) >= 11 is 5.28. The second-order valence-electron chi connectivity index (χ2n) is 4.88. The van der Waals surface area contributed by atoms with Crippen molar-refractivity contribution in [3.8, 4) is 0 Å². The molecule has 1 aliphatic rings. The van der Waals surface area contributed by atoms with E-state index in [-0.39, 0.29) is 16.8 Å². The van der Waals surface area contributed by atoms with E-state index in [1.165, 1.54) is 0 Å². The van der Waals surface area contributed by atoms with Crippen LogP contribution in [0.1, 0.15) is 12.5 Å². The highest BCUT2D eigenvalue weighted by molar-refractivity contribution is 7.91. The number of imidazole rings is 1. The molecule has 1 atom stereocenters. The third-order valence-corrected chi connectivity index (χ3v) is 4.87. The topological polar surface area (TPSA) is 84.0 Å². The number of nitrogens with zero attached hydrogens (tertiary/aromatic N) is 1. The van der Waals surface area contributed by atoms with Gasteiger partial charge in [0, 0.05) is 19.2 Å². The lowest BCUT2D eigenvalue weighted by Gasteiger charge is -2.11. The molecule has 2 aromatic rings. The van der Waals surface area contributed by atoms with Gasteiger partial charge in [0.25, 0.3) is 0 Å². The Morgan fingerprint density at radius 2 is 2.15 bits per heavy atom. The fourth-order valence-corrected chi connectivity index (χ4v) is 3.77. The number of fused-ring (bicyclic) bond motifs is 1. The third-order valence-electron chi connectivity index (χ3n) is 3.43. The Bertz CT molecular complexity index is 864. The molecule has 2 heterocycles. The van der Waals surface area contributed by atoms with Crippen LogP contribution in [0.15, 0.2) is 23.1 Å². The van der Waals surface area contributed by atoms with Crippen LogP contribution in [0, 0.1) is 4.77 Å². The number of aromatic nitrogens is 2. The lowest BCUT2D eigenvalue weighted by Crippen LogP contribution is -2.15. The molecule has 1 fully saturated rings. The van der Waals surface area contributed by atoms with Gasteiger partial charge in [0.1, 0.15) is 0 Å². The standard InChI is InChI=1S/C12H13N3O3S2/c1-20(17,18)9-4-2-3-8-11(9)14-12(19)15(8)7-5-10(16)13-6-7/h2-4,7H,5-6H2,1H3,(H,13,16)(H,14,19). The van der Waals surface area contributed by atoms with E-state index in [1.54, 1.807) is 18.2 Å². The first-order valence-electron chi connectivity index (χ1n) is 6.08. The molecule has 20 heavy (non-hydrogen) atoms. The first-order valence-corrected chi connectivity index (χ1v) is 8.38. The van der Waals surface area contributed by atoms with Crippen LogP contribution in [-0.4, -0.2) is 36.7 Å². The number of nitrogens with one attached hydrogen (secondary N) is 2. The maximum absolute atomic E-state index is 11.8. The largest absolute Gasteiger partial charge is 0.354 e. The Morgan fingerprint density at radius 1 is 1.40 bits per heavy atom. The summed E-state index contributed by atoms with van der Waals surface area (Å²) in [6.45, 7) is 0.503. The van der Waals surface area contributed by atoms with E-state index in [2.05, 4.69) is 10.3 Å². The van der Waals surface area contributed by atoms with Crippen LogP contribution >= 0.6 is 12.2 Å². The molecule has 0 radical (unpaired) electrons. The maximum Gasteiger partial charge on any atom is 0.222 e. The van der Waals surface area contributed by atoms with Crippen LogP contribution in [0.2, 0.25) is 0 Å². The number of hydrogen-bond donors (Lipinski definition) is 2. The number of H-pyrrole nitrogens is 1. The summed E-state index contributed by atoms with van der Waals surface area (Å²) in [6, 6.07) is 4.95. The van der Waals surface area contributed by atoms with E-state index in [9.17, 15) is 13.2 Å². The quantitative estimate of drug-likeness (QED) is 0.815. The molecule has 1 aliphatic heterocycles. The molecule has 1 aromatic heterocycles. The summed E-state index contributed by atoms with van der Waals surface area (Å²) < 4.78 is 25.9. The van der Waals surface area contributed by atoms with Crippen molar-refractivity contribution in [2.24, 2.45) is 0 Å². The highest BCUT2D eigenvalue weighted by atomic mass is 32.2. The number of sulfone groups is 1. The molecule has 6 nitrogen and oxygen atoms in total. The van der Waals surface area contributed by atoms with E-state index in [1.807, 2.05) is 4.57 Å². The average Bonchev–Trinajstić information content (AvgIpc) is 2.89. The second kappa shape index (κ2) is 4.42. The minimum Gasteiger partial charge on any atom is -0.354 e. The first kappa shape index (κ1) is 13.3. The van der Waals surface area contributed by atoms with Crippen LogP contribution in [0.4, 0.5) is 0 Å². The lowest BCUT2D eigenvalue weighted by molar-refractivity contribution is -0.119. The molecule has 106 valence electrons. The molecule has 1 aromatic carbocycles. The highest BCUT2D eigenvalue weighted by Gasteiger charge is 2.26. The monoisotopic (exact) mass is 311 g/mol. The van der Waals surface area contributed by atoms with Crippen LogP contribution in [0.3, 0.4) is 0 Å². The highest BCUT2D eigenvalue weighted by Crippen LogP contribution is 2.27. The number of carbonyl (C=O) groups is 1. The van der Waals surface area contributed by atoms with Crippen molar-refractivity contribution in [1.29, 1.82) is 0 Å². The van der Waals surface area contributed by atoms with Gasteiger partial charge in [-0.25, -0.2) is 8.42 Å². The molecule has 1 amide bonds. The zero-order valence-corrected chi connectivity index (χ0v) is 12.3. The van der Waals surface area contributed by atoms with Crippen molar-refractivity contribution in [1.82, 2.24) is 14.9 Å². The SMILES string of the molecule is CS(=O)(=O)c1cccc2c1[nH]c(=S)n2C1CNC(=O)C1. The van der Waals surface area contributed by atoms with Gasteiger partial charge in [-0.05, 0) is 24.4 Å². The van der Waals surface area contributed by atoms with Crippen LogP contribution in [-0.2, 0) is 14.6 Å². The summed E-state index contributed by atoms with van der Waals surface area (Å²) in [4.78, 5) is 14.5. The predicted molar refractivity (Wildman–Crippen MR) is 76.9 cm³/mol. The van der Waals surface area contributed by atoms with Crippen LogP contribution in [0.25, 0.3) is 11.0 Å². The molecular formula is C12H13N3O3S2. The van der Waals surface area contributed by atoms with E-state index < -0.39 is 9.84 Å². The van der Waals surface area contributed by atoms with Crippen molar-refractivity contribution in [2.45, 2.75) is 17.4 Å². The molecular weight excluding hydrogens is 298 g/mol. The molecule has 0 spiro atoms. The lowest BCUT2D eigenvalue weighted by atomic mass is 10.2. The smallest absolute Gasteiger partial charge is 0.222 e. The Kier molecular flexibility index (Phi) is 2.94. The minimum atomic E-state index is -3.34. The zero-order valence-electron chi connectivity index (χ0n) is 10.7. The van der Waals surface area contributed by atoms with Gasteiger partial charge in [-0.15, -0.1) is 0 Å². The Morgan fingerprint density at radius 3 is 2.75 bits per heavy atom. The van der Waals surface area contributed by atoms with Crippen molar-refractivity contribution < 1.29 is 13.2 Å². The maximum atomic E-state index is 11.8. The Balaban J connectivity index is 2.28. The molecule has 0 aliphatic carbocycles. The summed E-state index contributed by atoms with van der Waals surface area (Å²) in [7, 11) is -3.34. The normalized spacial score (nSPS) is 19.4. The van der Waals surface area contributed by atoms with Gasteiger partial charge >= 0.3 is 0 Å². The molecule has 1 unspecified atom stereocenters. The van der Waals surface area contributed by atoms with Gasteiger partial charge in [-0.1, -0.05) is 6.07 Å². The van der Waals surface area contributed by atoms with Crippen molar-refractivity contribution in [2.75, 3.05) is 12.8 Å². The zero-order chi connectivity index (χ0) is 14.5. The minimum absolute atomic E-state index is 0.0227. The summed E-state index contributed by atoms with van der Waals surface area (Å²) in [5.74, 6) is -0.0227. The third kappa shape index (κ3) is 2.04. The van der Waals surface area contributed by atoms with Crippen molar-refractivity contribution in [3.05, 3.63) is 23.0 Å². The Labute approximate surface area is 120 Å². The number of carbonyl (C=O) groups excluding carboxylic acids is 1. The van der Waals surface area contributed by atoms with Gasteiger partial charge in [0.05, 0.1) is 22.0 Å². The average molecular weight is 311 g/mol. The predicted octanol–water partition coefficient (Wildman–Crippen LogP) is 1.16. The van der Waals surface area contributed by atoms with E-state index in [4.69, 9.17) is 12.2 Å². The number of aromatic amines is 1. The number of benzene rings is 1. The van der Waals surface area contributed by atoms with E-state index in [0.717, 1.165) is 6.26 Å². The van der Waals surface area contributed by atoms with Gasteiger partial charge in [-0.3, -0.25) is 4.79 Å². The van der Waals surface area contributed by atoms with Crippen LogP contribution in [0.5, 0.6) is 0 Å². The van der Waals surface area contributed by atoms with Crippen molar-refractivity contribution in [3.63, 3.8) is 0 Å². The molecule has 0 bridgehead atoms. The number of para-hydroxylation sites is 1. The summed E-state index contributed by atoms with van der Waals surface area (Å²) in [5, 5.41) is 2.76. The molecule has 2 N–H and O–H groups in total. The number of amides is 1. The summed E-state index contributed by atoms with van der Waals surface area (Å²) in [5.41, 5.74) is 1.21. The van der Waals surface area contributed by atoms with E-state index >= 15 is 0 Å². The fourth-order valence-electron chi connectivity index (χ4n) is 2.57. The van der Waals surface area contributed by atoms with Gasteiger partial charge in [-0.2, -0.15) is 0 Å². The molecule has 3 rings (SSSR count). The first-order chi connectivity index (χ1) is 9.38.